The number of rotatable bonds is 1. The summed E-state index contributed by atoms with van der Waals surface area (Å²) in [5.41, 5.74) is 0.917. The van der Waals surface area contributed by atoms with E-state index in [2.05, 4.69) is 23.3 Å². The van der Waals surface area contributed by atoms with Crippen molar-refractivity contribution in [1.82, 2.24) is 10.2 Å². The number of fused-ring (bicyclic) bond motifs is 1. The second kappa shape index (κ2) is 4.92. The van der Waals surface area contributed by atoms with Crippen molar-refractivity contribution in [2.24, 2.45) is 0 Å². The standard InChI is InChI=1S/C14H17ClN2O/c1-17-7-6-16-5-4-12(17)14-9-10-8-11(15)2-3-13(10)18-14/h2-3,8-9,12,16H,4-7H2,1H3. The highest BCUT2D eigenvalue weighted by Crippen LogP contribution is 2.30. The number of nitrogens with one attached hydrogen (secondary N) is 1. The molecule has 96 valence electrons. The molecular formula is C14H17ClN2O. The molecule has 3 rings (SSSR count). The molecule has 1 saturated heterocycles. The zero-order valence-corrected chi connectivity index (χ0v) is 11.2. The second-order valence-electron chi connectivity index (χ2n) is 4.87. The van der Waals surface area contributed by atoms with Gasteiger partial charge in [0.25, 0.3) is 0 Å². The molecule has 0 aliphatic carbocycles. The van der Waals surface area contributed by atoms with Crippen LogP contribution in [0, 0.1) is 0 Å². The Kier molecular flexibility index (Phi) is 3.29. The summed E-state index contributed by atoms with van der Waals surface area (Å²) in [5, 5.41) is 5.26. The first kappa shape index (κ1) is 12.0. The molecule has 18 heavy (non-hydrogen) atoms. The van der Waals surface area contributed by atoms with E-state index in [4.69, 9.17) is 16.0 Å². The Labute approximate surface area is 112 Å². The van der Waals surface area contributed by atoms with Crippen molar-refractivity contribution in [1.29, 1.82) is 0 Å². The van der Waals surface area contributed by atoms with Crippen LogP contribution in [0.2, 0.25) is 5.02 Å². The maximum Gasteiger partial charge on any atom is 0.134 e. The summed E-state index contributed by atoms with van der Waals surface area (Å²) in [6.45, 7) is 3.12. The second-order valence-corrected chi connectivity index (χ2v) is 5.30. The normalized spacial score (nSPS) is 22.2. The molecule has 1 atom stereocenters. The van der Waals surface area contributed by atoms with Gasteiger partial charge in [-0.2, -0.15) is 0 Å². The van der Waals surface area contributed by atoms with Crippen molar-refractivity contribution in [2.75, 3.05) is 26.7 Å². The molecule has 1 unspecified atom stereocenters. The maximum absolute atomic E-state index is 6.01. The van der Waals surface area contributed by atoms with Crippen molar-refractivity contribution in [3.05, 3.63) is 35.0 Å². The van der Waals surface area contributed by atoms with Crippen LogP contribution in [-0.4, -0.2) is 31.6 Å². The van der Waals surface area contributed by atoms with E-state index in [1.165, 1.54) is 0 Å². The number of benzene rings is 1. The number of hydrogen-bond donors (Lipinski definition) is 1. The van der Waals surface area contributed by atoms with Crippen molar-refractivity contribution in [2.45, 2.75) is 12.5 Å². The van der Waals surface area contributed by atoms with Crippen LogP contribution in [0.1, 0.15) is 18.2 Å². The maximum atomic E-state index is 6.01. The average Bonchev–Trinajstić information content (AvgIpc) is 2.63. The molecule has 3 nitrogen and oxygen atoms in total. The monoisotopic (exact) mass is 264 g/mol. The highest BCUT2D eigenvalue weighted by Gasteiger charge is 2.22. The minimum atomic E-state index is 0.353. The first-order valence-corrected chi connectivity index (χ1v) is 6.72. The smallest absolute Gasteiger partial charge is 0.134 e. The summed E-state index contributed by atoms with van der Waals surface area (Å²) in [6, 6.07) is 8.24. The summed E-state index contributed by atoms with van der Waals surface area (Å²) >= 11 is 6.01. The highest BCUT2D eigenvalue weighted by molar-refractivity contribution is 6.31. The fourth-order valence-corrected chi connectivity index (χ4v) is 2.73. The van der Waals surface area contributed by atoms with Crippen LogP contribution < -0.4 is 5.32 Å². The van der Waals surface area contributed by atoms with Gasteiger partial charge in [-0.05, 0) is 44.3 Å². The van der Waals surface area contributed by atoms with Gasteiger partial charge in [0.2, 0.25) is 0 Å². The summed E-state index contributed by atoms with van der Waals surface area (Å²) in [5.74, 6) is 1.04. The first-order chi connectivity index (χ1) is 8.74. The molecule has 1 aliphatic rings. The Bertz CT molecular complexity index is 552. The van der Waals surface area contributed by atoms with E-state index >= 15 is 0 Å². The molecular weight excluding hydrogens is 248 g/mol. The third kappa shape index (κ3) is 2.26. The van der Waals surface area contributed by atoms with Gasteiger partial charge in [-0.15, -0.1) is 0 Å². The van der Waals surface area contributed by atoms with Crippen LogP contribution in [0.15, 0.2) is 28.7 Å². The van der Waals surface area contributed by atoms with E-state index in [9.17, 15) is 0 Å². The van der Waals surface area contributed by atoms with Gasteiger partial charge < -0.3 is 9.73 Å². The average molecular weight is 265 g/mol. The lowest BCUT2D eigenvalue weighted by Gasteiger charge is -2.22. The zero-order chi connectivity index (χ0) is 12.5. The van der Waals surface area contributed by atoms with Crippen LogP contribution in [0.3, 0.4) is 0 Å². The van der Waals surface area contributed by atoms with E-state index in [1.54, 1.807) is 0 Å². The SMILES string of the molecule is CN1CCNCCC1c1cc2cc(Cl)ccc2o1. The van der Waals surface area contributed by atoms with Crippen LogP contribution in [0.4, 0.5) is 0 Å². The lowest BCUT2D eigenvalue weighted by molar-refractivity contribution is 0.229. The first-order valence-electron chi connectivity index (χ1n) is 6.34. The predicted octanol–water partition coefficient (Wildman–Crippen LogP) is 3.05. The van der Waals surface area contributed by atoms with E-state index in [-0.39, 0.29) is 0 Å². The number of nitrogens with zero attached hydrogens (tertiary/aromatic N) is 1. The van der Waals surface area contributed by atoms with Gasteiger partial charge in [0.15, 0.2) is 0 Å². The Hall–Kier alpha value is -1.03. The molecule has 0 bridgehead atoms. The Morgan fingerprint density at radius 3 is 3.11 bits per heavy atom. The van der Waals surface area contributed by atoms with E-state index in [0.717, 1.165) is 47.8 Å². The minimum absolute atomic E-state index is 0.353. The number of halogens is 1. The fourth-order valence-electron chi connectivity index (χ4n) is 2.55. The molecule has 0 amide bonds. The molecule has 2 aromatic rings. The molecule has 2 heterocycles. The topological polar surface area (TPSA) is 28.4 Å². The third-order valence-corrected chi connectivity index (χ3v) is 3.83. The van der Waals surface area contributed by atoms with Crippen molar-refractivity contribution < 1.29 is 4.42 Å². The van der Waals surface area contributed by atoms with Gasteiger partial charge in [0, 0.05) is 23.5 Å². The van der Waals surface area contributed by atoms with Crippen LogP contribution in [-0.2, 0) is 0 Å². The van der Waals surface area contributed by atoms with Crippen LogP contribution >= 0.6 is 11.6 Å². The van der Waals surface area contributed by atoms with Gasteiger partial charge in [-0.1, -0.05) is 11.6 Å². The summed E-state index contributed by atoms with van der Waals surface area (Å²) in [7, 11) is 2.15. The minimum Gasteiger partial charge on any atom is -0.459 e. The molecule has 0 radical (unpaired) electrons. The van der Waals surface area contributed by atoms with Crippen molar-refractivity contribution in [3.63, 3.8) is 0 Å². The Balaban J connectivity index is 1.97. The van der Waals surface area contributed by atoms with Crippen LogP contribution in [0.5, 0.6) is 0 Å². The number of hydrogen-bond acceptors (Lipinski definition) is 3. The summed E-state index contributed by atoms with van der Waals surface area (Å²) in [6.07, 6.45) is 1.07. The molecule has 1 N–H and O–H groups in total. The molecule has 4 heteroatoms. The van der Waals surface area contributed by atoms with Crippen molar-refractivity contribution >= 4 is 22.6 Å². The van der Waals surface area contributed by atoms with Crippen molar-refractivity contribution in [3.8, 4) is 0 Å². The highest BCUT2D eigenvalue weighted by atomic mass is 35.5. The van der Waals surface area contributed by atoms with Gasteiger partial charge in [-0.25, -0.2) is 0 Å². The molecule has 1 fully saturated rings. The Morgan fingerprint density at radius 2 is 2.22 bits per heavy atom. The summed E-state index contributed by atoms with van der Waals surface area (Å²) in [4.78, 5) is 2.35. The van der Waals surface area contributed by atoms with Gasteiger partial charge in [0.1, 0.15) is 11.3 Å². The Morgan fingerprint density at radius 1 is 1.33 bits per heavy atom. The molecule has 1 aromatic carbocycles. The van der Waals surface area contributed by atoms with E-state index in [1.807, 2.05) is 18.2 Å². The lowest BCUT2D eigenvalue weighted by Crippen LogP contribution is -2.26. The predicted molar refractivity (Wildman–Crippen MR) is 74.1 cm³/mol. The van der Waals surface area contributed by atoms with Gasteiger partial charge in [0.05, 0.1) is 6.04 Å². The van der Waals surface area contributed by atoms with E-state index in [0.29, 0.717) is 6.04 Å². The van der Waals surface area contributed by atoms with Gasteiger partial charge in [-0.3, -0.25) is 4.90 Å². The lowest BCUT2D eigenvalue weighted by atomic mass is 10.1. The molecule has 1 aliphatic heterocycles. The summed E-state index contributed by atoms with van der Waals surface area (Å²) < 4.78 is 5.96. The van der Waals surface area contributed by atoms with Crippen LogP contribution in [0.25, 0.3) is 11.0 Å². The zero-order valence-electron chi connectivity index (χ0n) is 10.4. The third-order valence-electron chi connectivity index (χ3n) is 3.59. The fraction of sp³-hybridized carbons (Fsp3) is 0.429. The molecule has 0 spiro atoms. The number of likely N-dealkylation sites (N-methyl/N-ethyl adjacent to an activating group) is 1. The molecule has 0 saturated carbocycles. The largest absolute Gasteiger partial charge is 0.459 e. The molecule has 1 aromatic heterocycles. The number of furan rings is 1. The van der Waals surface area contributed by atoms with E-state index < -0.39 is 0 Å². The van der Waals surface area contributed by atoms with Gasteiger partial charge >= 0.3 is 0 Å². The quantitative estimate of drug-likeness (QED) is 0.858.